The van der Waals surface area contributed by atoms with Crippen LogP contribution < -0.4 is 10.6 Å². The lowest BCUT2D eigenvalue weighted by Crippen LogP contribution is -2.52. The van der Waals surface area contributed by atoms with Crippen LogP contribution in [0.5, 0.6) is 0 Å². The second-order valence-corrected chi connectivity index (χ2v) is 49.5. The van der Waals surface area contributed by atoms with E-state index in [1.807, 2.05) is 0 Å². The Bertz CT molecular complexity index is 1380. The number of nitrogens with one attached hydrogen (secondary N) is 2. The quantitative estimate of drug-likeness (QED) is 0.0216. The van der Waals surface area contributed by atoms with Crippen LogP contribution in [-0.4, -0.2) is 127 Å². The van der Waals surface area contributed by atoms with Crippen LogP contribution in [0.2, 0.25) is 104 Å². The molecule has 1 saturated carbocycles. The van der Waals surface area contributed by atoms with Crippen LogP contribution in [-0.2, 0) is 44.9 Å². The predicted molar refractivity (Wildman–Crippen MR) is 278 cm³/mol. The van der Waals surface area contributed by atoms with Crippen molar-refractivity contribution in [3.05, 3.63) is 12.7 Å². The first-order chi connectivity index (χ1) is 29.5. The van der Waals surface area contributed by atoms with E-state index in [2.05, 4.69) is 137 Å². The van der Waals surface area contributed by atoms with E-state index < -0.39 is 74.0 Å². The van der Waals surface area contributed by atoms with Gasteiger partial charge in [0.05, 0.1) is 31.8 Å². The zero-order chi connectivity index (χ0) is 50.0. The highest BCUT2D eigenvalue weighted by Crippen LogP contribution is 2.46. The van der Waals surface area contributed by atoms with Crippen LogP contribution >= 0.6 is 0 Å². The molecule has 0 aromatic carbocycles. The largest absolute Gasteiger partial charge is 0.463 e. The average molecular weight is 1030 g/mol. The van der Waals surface area contributed by atoms with Crippen LogP contribution in [0.15, 0.2) is 12.7 Å². The van der Waals surface area contributed by atoms with Crippen molar-refractivity contribution in [3.8, 4) is 0 Å². The number of carbonyl (C=O) groups excluding carboxylic acids is 3. The molecule has 2 unspecified atom stereocenters. The van der Waals surface area contributed by atoms with Crippen molar-refractivity contribution in [1.82, 2.24) is 10.6 Å². The number of hydrogen-bond donors (Lipinski definition) is 2. The Morgan fingerprint density at radius 3 is 1.48 bits per heavy atom. The van der Waals surface area contributed by atoms with Gasteiger partial charge >= 0.3 is 35.3 Å². The molecule has 20 heteroatoms. The first-order valence-corrected chi connectivity index (χ1v) is 42.8. The van der Waals surface area contributed by atoms with E-state index in [0.717, 1.165) is 43.8 Å². The molecule has 2 N–H and O–H groups in total. The molecule has 0 spiro atoms. The summed E-state index contributed by atoms with van der Waals surface area (Å²) in [6.07, 6.45) is 5.93. The average Bonchev–Trinajstić information content (AvgIpc) is 3.09. The smallest absolute Gasteiger partial charge is 0.407 e. The summed E-state index contributed by atoms with van der Waals surface area (Å²) < 4.78 is 56.3. The Morgan fingerprint density at radius 1 is 0.615 bits per heavy atom. The lowest BCUT2D eigenvalue weighted by Gasteiger charge is -2.46. The molecule has 0 aromatic rings. The second kappa shape index (κ2) is 26.7. The third-order valence-electron chi connectivity index (χ3n) is 10.6. The topological polar surface area (TPSA) is 158 Å². The molecule has 1 aliphatic carbocycles. The van der Waals surface area contributed by atoms with Gasteiger partial charge in [-0.05, 0) is 166 Å². The van der Waals surface area contributed by atoms with Crippen LogP contribution in [0.25, 0.3) is 0 Å². The van der Waals surface area contributed by atoms with Gasteiger partial charge in [-0.15, -0.1) is 0 Å². The Hall–Kier alpha value is -1.19. The zero-order valence-corrected chi connectivity index (χ0v) is 50.5. The lowest BCUT2D eigenvalue weighted by atomic mass is 9.62. The van der Waals surface area contributed by atoms with Gasteiger partial charge in [0.1, 0.15) is 6.61 Å². The number of alkyl carbamates (subject to hydrolysis) is 2. The van der Waals surface area contributed by atoms with Gasteiger partial charge in [-0.2, -0.15) is 0 Å². The molecule has 0 saturated heterocycles. The molecule has 0 radical (unpaired) electrons. The zero-order valence-electron chi connectivity index (χ0n) is 44.5. The molecular formula is C45H96N2O12Si6. The Morgan fingerprint density at radius 2 is 1.06 bits per heavy atom. The molecule has 0 aromatic heterocycles. The molecular weight excluding hydrogens is 929 g/mol. The van der Waals surface area contributed by atoms with Crippen molar-refractivity contribution in [3.63, 3.8) is 0 Å². The normalized spacial score (nSPS) is 18.8. The van der Waals surface area contributed by atoms with E-state index in [1.165, 1.54) is 0 Å². The minimum Gasteiger partial charge on any atom is -0.463 e. The van der Waals surface area contributed by atoms with Crippen LogP contribution in [0.3, 0.4) is 0 Å². The maximum Gasteiger partial charge on any atom is 0.407 e. The molecule has 1 rings (SSSR count). The van der Waals surface area contributed by atoms with Crippen molar-refractivity contribution in [1.29, 1.82) is 0 Å². The maximum absolute atomic E-state index is 13.7. The van der Waals surface area contributed by atoms with Crippen LogP contribution in [0.4, 0.5) is 9.59 Å². The second-order valence-electron chi connectivity index (χ2n) is 23.8. The summed E-state index contributed by atoms with van der Waals surface area (Å²) in [5, 5.41) is 6.12. The maximum atomic E-state index is 13.7. The summed E-state index contributed by atoms with van der Waals surface area (Å²) >= 11 is 0. The summed E-state index contributed by atoms with van der Waals surface area (Å²) in [4.78, 5) is 37.5. The number of unbranched alkanes of at least 4 members (excludes halogenated alkanes) is 1. The SMILES string of the molecule is C=CC(=O)OCCCCOC(=O)NCC1(C)CC(NC(=O)OCC(CC)(COCCC[Si](C)(O[Si](C)(C)C)O[Si](C)(C)C)COCCC[Si](C)(O[Si](C)(C)C)O[Si](C)(C)C)CC(C)(C)C1. The molecule has 14 nitrogen and oxygen atoms in total. The highest BCUT2D eigenvalue weighted by Gasteiger charge is 2.44. The summed E-state index contributed by atoms with van der Waals surface area (Å²) in [5.74, 6) is -0.469. The standard InChI is InChI=1S/C45H96N2O12Si6/c1-20-40(48)53-28-22-23-29-54-41(49)46-35-44(5)33-39(32-43(3,4)34-44)47-42(50)55-38-45(21-2,36-51-26-24-30-64(18,56-60(6,7)8)57-61(9,10)11)37-52-27-25-31-65(19,58-62(12,13)14)59-63(15,16)17/h20,39H,1,21-38H2,2-19H3,(H,46,49)(H,47,50). The van der Waals surface area contributed by atoms with Gasteiger partial charge in [-0.1, -0.05) is 34.3 Å². The summed E-state index contributed by atoms with van der Waals surface area (Å²) in [6, 6.07) is 1.55. The van der Waals surface area contributed by atoms with Crippen molar-refractivity contribution in [2.45, 2.75) is 189 Å². The van der Waals surface area contributed by atoms with Gasteiger partial charge < -0.3 is 50.8 Å². The Balaban J connectivity index is 3.03. The highest BCUT2D eigenvalue weighted by atomic mass is 28.5. The summed E-state index contributed by atoms with van der Waals surface area (Å²) in [5.41, 5.74) is -0.940. The third kappa shape index (κ3) is 29.4. The fraction of sp³-hybridized carbons (Fsp3) is 0.889. The molecule has 65 heavy (non-hydrogen) atoms. The number of esters is 1. The first-order valence-electron chi connectivity index (χ1n) is 24.1. The summed E-state index contributed by atoms with van der Waals surface area (Å²) in [7, 11) is -12.1. The number of rotatable bonds is 32. The monoisotopic (exact) mass is 1020 g/mol. The molecule has 0 bridgehead atoms. The fourth-order valence-corrected chi connectivity index (χ4v) is 34.1. The Labute approximate surface area is 402 Å². The predicted octanol–water partition coefficient (Wildman–Crippen LogP) is 11.3. The third-order valence-corrected chi connectivity index (χ3v) is 29.8. The van der Waals surface area contributed by atoms with E-state index in [4.69, 9.17) is 40.1 Å². The minimum absolute atomic E-state index is 0.0907. The lowest BCUT2D eigenvalue weighted by molar-refractivity contribution is -0.137. The number of carbonyl (C=O) groups is 3. The highest BCUT2D eigenvalue weighted by molar-refractivity contribution is 6.88. The first kappa shape index (κ1) is 61.8. The van der Waals surface area contributed by atoms with Crippen molar-refractivity contribution >= 4 is 68.5 Å². The van der Waals surface area contributed by atoms with E-state index in [-0.39, 0.29) is 36.7 Å². The molecule has 382 valence electrons. The van der Waals surface area contributed by atoms with Gasteiger partial charge in [-0.25, -0.2) is 14.4 Å². The fourth-order valence-electron chi connectivity index (χ4n) is 9.07. The molecule has 2 amide bonds. The van der Waals surface area contributed by atoms with Gasteiger partial charge in [0.25, 0.3) is 0 Å². The van der Waals surface area contributed by atoms with E-state index in [1.54, 1.807) is 0 Å². The molecule has 0 heterocycles. The van der Waals surface area contributed by atoms with E-state index in [9.17, 15) is 14.4 Å². The number of amides is 2. The van der Waals surface area contributed by atoms with Crippen molar-refractivity contribution < 1.29 is 54.5 Å². The van der Waals surface area contributed by atoms with Gasteiger partial charge in [0.15, 0.2) is 33.3 Å². The van der Waals surface area contributed by atoms with Gasteiger partial charge in [0.2, 0.25) is 0 Å². The Kier molecular flexibility index (Phi) is 25.4. The van der Waals surface area contributed by atoms with Crippen LogP contribution in [0.1, 0.15) is 79.1 Å². The van der Waals surface area contributed by atoms with Crippen LogP contribution in [0, 0.1) is 16.2 Å². The van der Waals surface area contributed by atoms with Crippen molar-refractivity contribution in [2.24, 2.45) is 16.2 Å². The minimum atomic E-state index is -2.41. The van der Waals surface area contributed by atoms with E-state index >= 15 is 0 Å². The molecule has 0 aliphatic heterocycles. The van der Waals surface area contributed by atoms with E-state index in [0.29, 0.717) is 58.7 Å². The molecule has 1 aliphatic rings. The van der Waals surface area contributed by atoms with Gasteiger partial charge in [-0.3, -0.25) is 0 Å². The molecule has 2 atom stereocenters. The number of ether oxygens (including phenoxy) is 5. The number of hydrogen-bond acceptors (Lipinski definition) is 12. The van der Waals surface area contributed by atoms with Gasteiger partial charge in [0, 0.05) is 31.9 Å². The molecule has 1 fully saturated rings. The summed E-state index contributed by atoms with van der Waals surface area (Å²) in [6.45, 7) is 45.9. The van der Waals surface area contributed by atoms with Crippen molar-refractivity contribution in [2.75, 3.05) is 52.8 Å².